The zero-order valence-electron chi connectivity index (χ0n) is 10.9. The smallest absolute Gasteiger partial charge is 0.126 e. The molecule has 2 nitrogen and oxygen atoms in total. The number of nitrogens with zero attached hydrogens (tertiary/aromatic N) is 1. The van der Waals surface area contributed by atoms with Crippen molar-refractivity contribution in [2.75, 3.05) is 13.6 Å². The van der Waals surface area contributed by atoms with Gasteiger partial charge in [0.2, 0.25) is 0 Å². The summed E-state index contributed by atoms with van der Waals surface area (Å²) in [6, 6.07) is 4.66. The fourth-order valence-corrected chi connectivity index (χ4v) is 2.45. The summed E-state index contributed by atoms with van der Waals surface area (Å²) in [6.07, 6.45) is 2.16. The van der Waals surface area contributed by atoms with Crippen LogP contribution in [0.1, 0.15) is 25.3 Å². The minimum absolute atomic E-state index is 0.433. The van der Waals surface area contributed by atoms with Gasteiger partial charge in [-0.05, 0) is 51.1 Å². The van der Waals surface area contributed by atoms with Gasteiger partial charge in [-0.15, -0.1) is 0 Å². The monoisotopic (exact) mass is 254 g/mol. The number of likely N-dealkylation sites (tertiary alicyclic amines) is 1. The van der Waals surface area contributed by atoms with Gasteiger partial charge in [0, 0.05) is 24.7 Å². The zero-order chi connectivity index (χ0) is 13.1. The highest BCUT2D eigenvalue weighted by atomic mass is 19.1. The molecule has 0 bridgehead atoms. The van der Waals surface area contributed by atoms with Crippen LogP contribution in [0.3, 0.4) is 0 Å². The first-order chi connectivity index (χ1) is 8.54. The van der Waals surface area contributed by atoms with Crippen LogP contribution >= 0.6 is 0 Å². The van der Waals surface area contributed by atoms with Gasteiger partial charge in [-0.1, -0.05) is 0 Å². The van der Waals surface area contributed by atoms with Crippen LogP contribution in [0, 0.1) is 11.6 Å². The van der Waals surface area contributed by atoms with Gasteiger partial charge in [0.25, 0.3) is 0 Å². The van der Waals surface area contributed by atoms with Crippen LogP contribution in [-0.2, 0) is 6.54 Å². The summed E-state index contributed by atoms with van der Waals surface area (Å²) in [5, 5.41) is 3.38. The predicted octanol–water partition coefficient (Wildman–Crippen LogP) is 2.54. The lowest BCUT2D eigenvalue weighted by atomic mass is 9.99. The molecule has 2 unspecified atom stereocenters. The Balaban J connectivity index is 1.88. The summed E-state index contributed by atoms with van der Waals surface area (Å²) in [4.78, 5) is 2.33. The highest BCUT2D eigenvalue weighted by Gasteiger charge is 2.22. The Morgan fingerprint density at radius 2 is 1.94 bits per heavy atom. The molecule has 0 aliphatic carbocycles. The molecule has 0 saturated carbocycles. The molecule has 2 atom stereocenters. The number of halogens is 2. The lowest BCUT2D eigenvalue weighted by Crippen LogP contribution is -2.45. The largest absolute Gasteiger partial charge is 0.310 e. The number of benzene rings is 1. The first kappa shape index (κ1) is 13.4. The number of hydrogen-bond acceptors (Lipinski definition) is 2. The molecule has 1 aliphatic rings. The number of nitrogens with one attached hydrogen (secondary N) is 1. The molecule has 1 N–H and O–H groups in total. The van der Waals surface area contributed by atoms with E-state index in [1.807, 2.05) is 0 Å². The van der Waals surface area contributed by atoms with E-state index in [0.29, 0.717) is 24.2 Å². The van der Waals surface area contributed by atoms with E-state index in [2.05, 4.69) is 24.2 Å². The van der Waals surface area contributed by atoms with Crippen LogP contribution < -0.4 is 5.32 Å². The highest BCUT2D eigenvalue weighted by molar-refractivity contribution is 5.17. The van der Waals surface area contributed by atoms with Crippen molar-refractivity contribution in [1.82, 2.24) is 10.2 Å². The molecular weight excluding hydrogens is 234 g/mol. The van der Waals surface area contributed by atoms with Crippen LogP contribution in [0.2, 0.25) is 0 Å². The SMILES string of the molecule is CC1CC(NCc2cc(F)cc(F)c2)CCN1C. The second kappa shape index (κ2) is 5.76. The molecule has 1 aromatic carbocycles. The van der Waals surface area contributed by atoms with Crippen LogP contribution in [0.25, 0.3) is 0 Å². The summed E-state index contributed by atoms with van der Waals surface area (Å²) in [5.74, 6) is -1.02. The van der Waals surface area contributed by atoms with Gasteiger partial charge >= 0.3 is 0 Å². The average Bonchev–Trinajstić information content (AvgIpc) is 2.29. The molecular formula is C14H20F2N2. The third kappa shape index (κ3) is 3.50. The first-order valence-electron chi connectivity index (χ1n) is 6.43. The highest BCUT2D eigenvalue weighted by Crippen LogP contribution is 2.16. The summed E-state index contributed by atoms with van der Waals surface area (Å²) < 4.78 is 26.1. The van der Waals surface area contributed by atoms with Crippen molar-refractivity contribution in [3.63, 3.8) is 0 Å². The predicted molar refractivity (Wildman–Crippen MR) is 68.3 cm³/mol. The van der Waals surface area contributed by atoms with Crippen LogP contribution in [0.5, 0.6) is 0 Å². The number of piperidine rings is 1. The maximum absolute atomic E-state index is 13.0. The van der Waals surface area contributed by atoms with E-state index >= 15 is 0 Å². The number of rotatable bonds is 3. The molecule has 4 heteroatoms. The van der Waals surface area contributed by atoms with Crippen molar-refractivity contribution in [2.45, 2.75) is 38.4 Å². The lowest BCUT2D eigenvalue weighted by Gasteiger charge is -2.35. The third-order valence-corrected chi connectivity index (χ3v) is 3.73. The molecule has 1 fully saturated rings. The van der Waals surface area contributed by atoms with Crippen molar-refractivity contribution in [3.05, 3.63) is 35.4 Å². The molecule has 2 rings (SSSR count). The van der Waals surface area contributed by atoms with Gasteiger partial charge in [0.15, 0.2) is 0 Å². The maximum atomic E-state index is 13.0. The van der Waals surface area contributed by atoms with Crippen molar-refractivity contribution < 1.29 is 8.78 Å². The van der Waals surface area contributed by atoms with Gasteiger partial charge in [-0.2, -0.15) is 0 Å². The molecule has 0 spiro atoms. The normalized spacial score (nSPS) is 25.3. The minimum atomic E-state index is -0.511. The fraction of sp³-hybridized carbons (Fsp3) is 0.571. The van der Waals surface area contributed by atoms with Gasteiger partial charge in [0.05, 0.1) is 0 Å². The second-order valence-corrected chi connectivity index (χ2v) is 5.21. The molecule has 0 amide bonds. The molecule has 0 aromatic heterocycles. The van der Waals surface area contributed by atoms with Crippen molar-refractivity contribution in [1.29, 1.82) is 0 Å². The molecule has 1 aromatic rings. The Labute approximate surface area is 107 Å². The molecule has 0 radical (unpaired) electrons. The Kier molecular flexibility index (Phi) is 4.30. The van der Waals surface area contributed by atoms with E-state index in [1.165, 1.54) is 12.1 Å². The first-order valence-corrected chi connectivity index (χ1v) is 6.43. The number of hydrogen-bond donors (Lipinski definition) is 1. The van der Waals surface area contributed by atoms with Crippen molar-refractivity contribution >= 4 is 0 Å². The third-order valence-electron chi connectivity index (χ3n) is 3.73. The summed E-state index contributed by atoms with van der Waals surface area (Å²) in [7, 11) is 2.13. The summed E-state index contributed by atoms with van der Waals surface area (Å²) in [6.45, 7) is 3.79. The Morgan fingerprint density at radius 1 is 1.28 bits per heavy atom. The van der Waals surface area contributed by atoms with Crippen LogP contribution in [-0.4, -0.2) is 30.6 Å². The fourth-order valence-electron chi connectivity index (χ4n) is 2.45. The molecule has 1 saturated heterocycles. The zero-order valence-corrected chi connectivity index (χ0v) is 10.9. The van der Waals surface area contributed by atoms with E-state index in [1.54, 1.807) is 0 Å². The minimum Gasteiger partial charge on any atom is -0.310 e. The van der Waals surface area contributed by atoms with E-state index in [0.717, 1.165) is 25.5 Å². The molecule has 1 aliphatic heterocycles. The van der Waals surface area contributed by atoms with Crippen molar-refractivity contribution in [2.24, 2.45) is 0 Å². The van der Waals surface area contributed by atoms with Gasteiger partial charge in [-0.25, -0.2) is 8.78 Å². The molecule has 18 heavy (non-hydrogen) atoms. The van der Waals surface area contributed by atoms with Crippen molar-refractivity contribution in [3.8, 4) is 0 Å². The van der Waals surface area contributed by atoms with Gasteiger partial charge < -0.3 is 10.2 Å². The molecule has 100 valence electrons. The van der Waals surface area contributed by atoms with Crippen LogP contribution in [0.15, 0.2) is 18.2 Å². The Morgan fingerprint density at radius 3 is 2.56 bits per heavy atom. The van der Waals surface area contributed by atoms with Gasteiger partial charge in [-0.3, -0.25) is 0 Å². The molecule has 1 heterocycles. The van der Waals surface area contributed by atoms with E-state index in [4.69, 9.17) is 0 Å². The standard InChI is InChI=1S/C14H20F2N2/c1-10-5-14(3-4-18(10)2)17-9-11-6-12(15)8-13(16)7-11/h6-8,10,14,17H,3-5,9H2,1-2H3. The second-order valence-electron chi connectivity index (χ2n) is 5.21. The van der Waals surface area contributed by atoms with Crippen LogP contribution in [0.4, 0.5) is 8.78 Å². The maximum Gasteiger partial charge on any atom is 0.126 e. The summed E-state index contributed by atoms with van der Waals surface area (Å²) in [5.41, 5.74) is 0.666. The Hall–Kier alpha value is -1.00. The van der Waals surface area contributed by atoms with Gasteiger partial charge in [0.1, 0.15) is 11.6 Å². The topological polar surface area (TPSA) is 15.3 Å². The Bertz CT molecular complexity index is 389. The van der Waals surface area contributed by atoms with E-state index in [-0.39, 0.29) is 0 Å². The summed E-state index contributed by atoms with van der Waals surface area (Å²) >= 11 is 0. The van der Waals surface area contributed by atoms with E-state index < -0.39 is 11.6 Å². The average molecular weight is 254 g/mol. The lowest BCUT2D eigenvalue weighted by molar-refractivity contribution is 0.168. The quantitative estimate of drug-likeness (QED) is 0.891. The van der Waals surface area contributed by atoms with E-state index in [9.17, 15) is 8.78 Å².